The predicted octanol–water partition coefficient (Wildman–Crippen LogP) is 4.97. The molecule has 1 saturated heterocycles. The Kier molecular flexibility index (Phi) is 5.92. The van der Waals surface area contributed by atoms with Gasteiger partial charge in [-0.05, 0) is 78.1 Å². The monoisotopic (exact) mass is 557 g/mol. The van der Waals surface area contributed by atoms with Crippen molar-refractivity contribution in [2.24, 2.45) is 0 Å². The summed E-state index contributed by atoms with van der Waals surface area (Å²) >= 11 is 0. The molecule has 1 aromatic heterocycles. The highest BCUT2D eigenvalue weighted by molar-refractivity contribution is 7.92. The maximum atomic E-state index is 13.9. The third kappa shape index (κ3) is 4.43. The number of hydrogen-bond acceptors (Lipinski definition) is 6. The molecule has 39 heavy (non-hydrogen) atoms. The van der Waals surface area contributed by atoms with Gasteiger partial charge in [0.25, 0.3) is 10.0 Å². The minimum Gasteiger partial charge on any atom is -0.381 e. The first-order chi connectivity index (χ1) is 18.6. The number of fused-ring (bicyclic) bond motifs is 2. The van der Waals surface area contributed by atoms with Crippen LogP contribution < -0.4 is 10.1 Å². The SMILES string of the molecule is O=c1[nH]c(-c2ccc(S(=O)(=O)N3CC4(CCOCC4)c4cc(-c5ccc(C(F)(F)F)cc5)ccc43)cc2)no1. The van der Waals surface area contributed by atoms with Gasteiger partial charge in [0.1, 0.15) is 0 Å². The molecular formula is C27H22F3N3O5S. The summed E-state index contributed by atoms with van der Waals surface area (Å²) in [4.78, 5) is 13.8. The number of nitrogens with zero attached hydrogens (tertiary/aromatic N) is 2. The number of sulfonamides is 1. The smallest absolute Gasteiger partial charge is 0.381 e. The lowest BCUT2D eigenvalue weighted by Gasteiger charge is -2.34. The summed E-state index contributed by atoms with van der Waals surface area (Å²) in [6.07, 6.45) is -3.20. The molecule has 1 N–H and O–H groups in total. The molecule has 1 fully saturated rings. The highest BCUT2D eigenvalue weighted by atomic mass is 32.2. The van der Waals surface area contributed by atoms with Crippen LogP contribution in [0.25, 0.3) is 22.5 Å². The van der Waals surface area contributed by atoms with Crippen molar-refractivity contribution >= 4 is 15.7 Å². The number of halogens is 3. The van der Waals surface area contributed by atoms with Crippen LogP contribution in [0.2, 0.25) is 0 Å². The first-order valence-electron chi connectivity index (χ1n) is 12.2. The van der Waals surface area contributed by atoms with E-state index >= 15 is 0 Å². The fourth-order valence-electron chi connectivity index (χ4n) is 5.33. The second-order valence-electron chi connectivity index (χ2n) is 9.68. The number of nitrogens with one attached hydrogen (secondary N) is 1. The second-order valence-corrected chi connectivity index (χ2v) is 11.5. The average molecular weight is 558 g/mol. The molecule has 202 valence electrons. The average Bonchev–Trinajstić information content (AvgIpc) is 3.50. The topological polar surface area (TPSA) is 106 Å². The van der Waals surface area contributed by atoms with Crippen molar-refractivity contribution in [2.75, 3.05) is 24.1 Å². The van der Waals surface area contributed by atoms with Crippen molar-refractivity contribution in [1.29, 1.82) is 0 Å². The molecule has 0 unspecified atom stereocenters. The Morgan fingerprint density at radius 3 is 2.15 bits per heavy atom. The van der Waals surface area contributed by atoms with Crippen LogP contribution in [0.3, 0.4) is 0 Å². The van der Waals surface area contributed by atoms with Gasteiger partial charge in [-0.25, -0.2) is 13.2 Å². The van der Waals surface area contributed by atoms with E-state index in [1.165, 1.54) is 40.7 Å². The molecule has 12 heteroatoms. The normalized spacial score (nSPS) is 16.9. The van der Waals surface area contributed by atoms with Gasteiger partial charge in [0, 0.05) is 30.7 Å². The van der Waals surface area contributed by atoms with Crippen molar-refractivity contribution in [3.63, 3.8) is 0 Å². The third-order valence-corrected chi connectivity index (χ3v) is 9.21. The van der Waals surface area contributed by atoms with Gasteiger partial charge in [-0.15, -0.1) is 0 Å². The van der Waals surface area contributed by atoms with E-state index in [4.69, 9.17) is 4.74 Å². The zero-order valence-electron chi connectivity index (χ0n) is 20.4. The van der Waals surface area contributed by atoms with Gasteiger partial charge in [-0.1, -0.05) is 23.4 Å². The van der Waals surface area contributed by atoms with Gasteiger partial charge in [-0.3, -0.25) is 13.8 Å². The minimum atomic E-state index is -4.43. The van der Waals surface area contributed by atoms with Gasteiger partial charge in [0.05, 0.1) is 16.1 Å². The van der Waals surface area contributed by atoms with Crippen LogP contribution >= 0.6 is 0 Å². The molecule has 6 rings (SSSR count). The number of aromatic amines is 1. The Balaban J connectivity index is 1.38. The van der Waals surface area contributed by atoms with E-state index in [9.17, 15) is 26.4 Å². The van der Waals surface area contributed by atoms with Crippen LogP contribution in [0, 0.1) is 0 Å². The first kappa shape index (κ1) is 25.4. The zero-order valence-corrected chi connectivity index (χ0v) is 21.2. The molecule has 3 heterocycles. The molecule has 3 aromatic carbocycles. The first-order valence-corrected chi connectivity index (χ1v) is 13.6. The van der Waals surface area contributed by atoms with Gasteiger partial charge in [0.15, 0.2) is 5.82 Å². The molecule has 2 aliphatic rings. The molecule has 0 amide bonds. The molecular weight excluding hydrogens is 535 g/mol. The van der Waals surface area contributed by atoms with E-state index < -0.39 is 32.9 Å². The van der Waals surface area contributed by atoms with Gasteiger partial charge >= 0.3 is 11.9 Å². The third-order valence-electron chi connectivity index (χ3n) is 7.43. The summed E-state index contributed by atoms with van der Waals surface area (Å²) < 4.78 is 78.4. The molecule has 0 bridgehead atoms. The molecule has 4 aromatic rings. The molecule has 0 saturated carbocycles. The van der Waals surface area contributed by atoms with Gasteiger partial charge in [-0.2, -0.15) is 13.2 Å². The van der Waals surface area contributed by atoms with Gasteiger partial charge in [0.2, 0.25) is 0 Å². The van der Waals surface area contributed by atoms with Crippen molar-refractivity contribution in [3.05, 3.63) is 88.4 Å². The number of aromatic nitrogens is 2. The van der Waals surface area contributed by atoms with E-state index in [-0.39, 0.29) is 17.3 Å². The highest BCUT2D eigenvalue weighted by Gasteiger charge is 2.47. The van der Waals surface area contributed by atoms with E-state index in [0.29, 0.717) is 48.4 Å². The van der Waals surface area contributed by atoms with Gasteiger partial charge < -0.3 is 4.74 Å². The largest absolute Gasteiger partial charge is 0.439 e. The maximum Gasteiger partial charge on any atom is 0.439 e. The molecule has 0 aliphatic carbocycles. The summed E-state index contributed by atoms with van der Waals surface area (Å²) in [7, 11) is -3.97. The van der Waals surface area contributed by atoms with E-state index in [0.717, 1.165) is 17.7 Å². The summed E-state index contributed by atoms with van der Waals surface area (Å²) in [6.45, 7) is 1.17. The summed E-state index contributed by atoms with van der Waals surface area (Å²) in [5.74, 6) is -0.528. The molecule has 2 aliphatic heterocycles. The number of ether oxygens (including phenoxy) is 1. The molecule has 8 nitrogen and oxygen atoms in total. The Morgan fingerprint density at radius 1 is 0.897 bits per heavy atom. The Morgan fingerprint density at radius 2 is 1.54 bits per heavy atom. The fraction of sp³-hybridized carbons (Fsp3) is 0.259. The van der Waals surface area contributed by atoms with E-state index in [1.54, 1.807) is 12.1 Å². The Bertz CT molecular complexity index is 1690. The van der Waals surface area contributed by atoms with Crippen LogP contribution in [0.5, 0.6) is 0 Å². The number of H-pyrrole nitrogens is 1. The number of benzene rings is 3. The lowest BCUT2D eigenvalue weighted by Crippen LogP contribution is -2.40. The van der Waals surface area contributed by atoms with Crippen molar-refractivity contribution in [2.45, 2.75) is 29.3 Å². The predicted molar refractivity (Wildman–Crippen MR) is 136 cm³/mol. The zero-order chi connectivity index (χ0) is 27.4. The fourth-order valence-corrected chi connectivity index (χ4v) is 6.89. The second kappa shape index (κ2) is 9.09. The molecule has 0 radical (unpaired) electrons. The standard InChI is InChI=1S/C27H22F3N3O5S/c28-27(29,30)20-6-1-17(2-7-20)19-5-10-23-22(15-19)26(11-13-37-14-12-26)16-33(23)39(35,36)21-8-3-18(4-9-21)24-31-25(34)38-32-24/h1-10,15H,11-14,16H2,(H,31,32,34). The van der Waals surface area contributed by atoms with Crippen LogP contribution in [0.15, 0.2) is 80.9 Å². The quantitative estimate of drug-likeness (QED) is 0.380. The maximum absolute atomic E-state index is 13.9. The molecule has 1 spiro atoms. The number of rotatable bonds is 4. The van der Waals surface area contributed by atoms with Crippen LogP contribution in [0.4, 0.5) is 18.9 Å². The Hall–Kier alpha value is -3.90. The number of hydrogen-bond donors (Lipinski definition) is 1. The van der Waals surface area contributed by atoms with Crippen molar-refractivity contribution in [1.82, 2.24) is 10.1 Å². The van der Waals surface area contributed by atoms with Crippen LogP contribution in [-0.4, -0.2) is 38.3 Å². The molecule has 0 atom stereocenters. The minimum absolute atomic E-state index is 0.0685. The van der Waals surface area contributed by atoms with Crippen LogP contribution in [-0.2, 0) is 26.4 Å². The van der Waals surface area contributed by atoms with E-state index in [1.807, 2.05) is 6.07 Å². The number of anilines is 1. The number of alkyl halides is 3. The Labute approximate surface area is 221 Å². The summed E-state index contributed by atoms with van der Waals surface area (Å²) in [5.41, 5.74) is 1.97. The van der Waals surface area contributed by atoms with Crippen molar-refractivity contribution < 1.29 is 30.8 Å². The summed E-state index contributed by atoms with van der Waals surface area (Å²) in [6, 6.07) is 16.2. The van der Waals surface area contributed by atoms with Crippen molar-refractivity contribution in [3.8, 4) is 22.5 Å². The lowest BCUT2D eigenvalue weighted by atomic mass is 9.75. The summed E-state index contributed by atoms with van der Waals surface area (Å²) in [5, 5.41) is 3.62. The highest BCUT2D eigenvalue weighted by Crippen LogP contribution is 2.50. The van der Waals surface area contributed by atoms with E-state index in [2.05, 4.69) is 14.7 Å². The van der Waals surface area contributed by atoms with Crippen LogP contribution in [0.1, 0.15) is 24.0 Å². The lowest BCUT2D eigenvalue weighted by molar-refractivity contribution is -0.137.